The van der Waals surface area contributed by atoms with Gasteiger partial charge in [0.2, 0.25) is 0 Å². The molecular weight excluding hydrogens is 274 g/mol. The van der Waals surface area contributed by atoms with Gasteiger partial charge in [-0.3, -0.25) is 9.89 Å². The first-order valence-corrected chi connectivity index (χ1v) is 6.54. The molecule has 0 spiro atoms. The minimum Gasteiger partial charge on any atom is -0.460 e. The molecule has 112 valence electrons. The summed E-state index contributed by atoms with van der Waals surface area (Å²) in [6.07, 6.45) is 1.78. The van der Waals surface area contributed by atoms with Crippen molar-refractivity contribution in [3.63, 3.8) is 0 Å². The zero-order valence-electron chi connectivity index (χ0n) is 12.1. The van der Waals surface area contributed by atoms with E-state index < -0.39 is 12.0 Å². The molecule has 21 heavy (non-hydrogen) atoms. The lowest BCUT2D eigenvalue weighted by molar-refractivity contribution is 0.0512. The summed E-state index contributed by atoms with van der Waals surface area (Å²) in [5.41, 5.74) is 0.534. The SMILES string of the molecule is CCOC(=O)c1n[nH]c(C(C)NC(=O)c2cccn2C)n1. The average molecular weight is 291 g/mol. The molecule has 1 atom stereocenters. The zero-order valence-corrected chi connectivity index (χ0v) is 12.1. The molecule has 2 aromatic heterocycles. The molecule has 0 aliphatic rings. The summed E-state index contributed by atoms with van der Waals surface area (Å²) in [6.45, 7) is 3.70. The largest absolute Gasteiger partial charge is 0.460 e. The van der Waals surface area contributed by atoms with E-state index in [1.165, 1.54) is 0 Å². The number of hydrogen-bond acceptors (Lipinski definition) is 5. The second-order valence-corrected chi connectivity index (χ2v) is 4.46. The molecule has 8 heteroatoms. The van der Waals surface area contributed by atoms with Crippen molar-refractivity contribution in [3.8, 4) is 0 Å². The summed E-state index contributed by atoms with van der Waals surface area (Å²) in [6, 6.07) is 3.09. The predicted molar refractivity (Wildman–Crippen MR) is 73.6 cm³/mol. The van der Waals surface area contributed by atoms with Gasteiger partial charge >= 0.3 is 5.97 Å². The number of carbonyl (C=O) groups is 2. The van der Waals surface area contributed by atoms with Crippen LogP contribution in [0.1, 0.15) is 46.8 Å². The van der Waals surface area contributed by atoms with Crippen LogP contribution in [0.5, 0.6) is 0 Å². The Morgan fingerprint density at radius 3 is 2.90 bits per heavy atom. The highest BCUT2D eigenvalue weighted by Gasteiger charge is 2.19. The maximum absolute atomic E-state index is 12.1. The van der Waals surface area contributed by atoms with Gasteiger partial charge in [-0.1, -0.05) is 0 Å². The molecule has 8 nitrogen and oxygen atoms in total. The number of rotatable bonds is 5. The fraction of sp³-hybridized carbons (Fsp3) is 0.385. The van der Waals surface area contributed by atoms with Gasteiger partial charge in [0.1, 0.15) is 11.5 Å². The van der Waals surface area contributed by atoms with Gasteiger partial charge in [0, 0.05) is 13.2 Å². The number of aryl methyl sites for hydroxylation is 1. The lowest BCUT2D eigenvalue weighted by Crippen LogP contribution is -2.28. The van der Waals surface area contributed by atoms with Gasteiger partial charge in [-0.2, -0.15) is 0 Å². The second kappa shape index (κ2) is 6.21. The van der Waals surface area contributed by atoms with E-state index >= 15 is 0 Å². The van der Waals surface area contributed by atoms with Gasteiger partial charge in [-0.05, 0) is 26.0 Å². The van der Waals surface area contributed by atoms with Crippen molar-refractivity contribution in [1.29, 1.82) is 0 Å². The highest BCUT2D eigenvalue weighted by molar-refractivity contribution is 5.92. The minimum absolute atomic E-state index is 0.0492. The van der Waals surface area contributed by atoms with Gasteiger partial charge in [0.15, 0.2) is 0 Å². The third kappa shape index (κ3) is 3.28. The Labute approximate surface area is 121 Å². The van der Waals surface area contributed by atoms with Crippen LogP contribution in [0, 0.1) is 0 Å². The van der Waals surface area contributed by atoms with Crippen molar-refractivity contribution in [3.05, 3.63) is 35.7 Å². The number of carbonyl (C=O) groups excluding carboxylic acids is 2. The van der Waals surface area contributed by atoms with Crippen LogP contribution >= 0.6 is 0 Å². The third-order valence-electron chi connectivity index (χ3n) is 2.89. The zero-order chi connectivity index (χ0) is 15.4. The number of aromatic nitrogens is 4. The molecule has 0 aliphatic carbocycles. The van der Waals surface area contributed by atoms with Crippen molar-refractivity contribution < 1.29 is 14.3 Å². The number of H-pyrrole nitrogens is 1. The summed E-state index contributed by atoms with van der Waals surface area (Å²) in [4.78, 5) is 27.6. The number of aromatic amines is 1. The molecule has 2 heterocycles. The monoisotopic (exact) mass is 291 g/mol. The quantitative estimate of drug-likeness (QED) is 0.794. The van der Waals surface area contributed by atoms with E-state index in [0.717, 1.165) is 0 Å². The summed E-state index contributed by atoms with van der Waals surface area (Å²) >= 11 is 0. The smallest absolute Gasteiger partial charge is 0.378 e. The average Bonchev–Trinajstić information content (AvgIpc) is 3.07. The van der Waals surface area contributed by atoms with Crippen LogP contribution in [0.15, 0.2) is 18.3 Å². The minimum atomic E-state index is -0.596. The lowest BCUT2D eigenvalue weighted by Gasteiger charge is -2.11. The molecule has 0 saturated carbocycles. The highest BCUT2D eigenvalue weighted by atomic mass is 16.5. The molecule has 0 saturated heterocycles. The number of ether oxygens (including phenoxy) is 1. The number of hydrogen-bond donors (Lipinski definition) is 2. The molecule has 1 unspecified atom stereocenters. The molecule has 2 aromatic rings. The third-order valence-corrected chi connectivity index (χ3v) is 2.89. The molecule has 0 bridgehead atoms. The molecular formula is C13H17N5O3. The molecule has 0 radical (unpaired) electrons. The first-order valence-electron chi connectivity index (χ1n) is 6.54. The topological polar surface area (TPSA) is 102 Å². The Balaban J connectivity index is 2.04. The van der Waals surface area contributed by atoms with Crippen molar-refractivity contribution in [2.75, 3.05) is 6.61 Å². The first-order chi connectivity index (χ1) is 10.0. The normalized spacial score (nSPS) is 12.0. The van der Waals surface area contributed by atoms with Crippen LogP contribution in [-0.4, -0.2) is 38.2 Å². The summed E-state index contributed by atoms with van der Waals surface area (Å²) in [5, 5.41) is 9.18. The molecule has 2 N–H and O–H groups in total. The van der Waals surface area contributed by atoms with Crippen LogP contribution in [0.4, 0.5) is 0 Å². The molecule has 2 rings (SSSR count). The Morgan fingerprint density at radius 1 is 1.52 bits per heavy atom. The Morgan fingerprint density at radius 2 is 2.29 bits per heavy atom. The summed E-state index contributed by atoms with van der Waals surface area (Å²) in [5.74, 6) is -0.488. The Kier molecular flexibility index (Phi) is 4.36. The number of esters is 1. The maximum Gasteiger partial charge on any atom is 0.378 e. The molecule has 1 amide bonds. The van der Waals surface area contributed by atoms with E-state index in [9.17, 15) is 9.59 Å². The van der Waals surface area contributed by atoms with Crippen LogP contribution in [-0.2, 0) is 11.8 Å². The van der Waals surface area contributed by atoms with E-state index in [4.69, 9.17) is 4.74 Å². The van der Waals surface area contributed by atoms with Gasteiger partial charge in [0.05, 0.1) is 12.6 Å². The fourth-order valence-corrected chi connectivity index (χ4v) is 1.79. The molecule has 0 aliphatic heterocycles. The van der Waals surface area contributed by atoms with Gasteiger partial charge < -0.3 is 14.6 Å². The predicted octanol–water partition coefficient (Wildman–Crippen LogP) is 0.811. The van der Waals surface area contributed by atoms with Crippen molar-refractivity contribution >= 4 is 11.9 Å². The summed E-state index contributed by atoms with van der Waals surface area (Å²) in [7, 11) is 1.78. The van der Waals surface area contributed by atoms with Crippen LogP contribution < -0.4 is 5.32 Å². The Hall–Kier alpha value is -2.64. The van der Waals surface area contributed by atoms with Crippen molar-refractivity contribution in [2.24, 2.45) is 7.05 Å². The Bertz CT molecular complexity index is 646. The molecule has 0 fully saturated rings. The molecule has 0 aromatic carbocycles. The van der Waals surface area contributed by atoms with Gasteiger partial charge in [-0.25, -0.2) is 9.78 Å². The van der Waals surface area contributed by atoms with Crippen LogP contribution in [0.2, 0.25) is 0 Å². The van der Waals surface area contributed by atoms with Gasteiger partial charge in [-0.15, -0.1) is 5.10 Å². The summed E-state index contributed by atoms with van der Waals surface area (Å²) < 4.78 is 6.52. The number of nitrogens with one attached hydrogen (secondary N) is 2. The first kappa shape index (κ1) is 14.8. The van der Waals surface area contributed by atoms with Crippen LogP contribution in [0.25, 0.3) is 0 Å². The second-order valence-electron chi connectivity index (χ2n) is 4.46. The van der Waals surface area contributed by atoms with E-state index in [0.29, 0.717) is 11.5 Å². The van der Waals surface area contributed by atoms with Crippen molar-refractivity contribution in [1.82, 2.24) is 25.1 Å². The number of amides is 1. The van der Waals surface area contributed by atoms with E-state index in [2.05, 4.69) is 20.5 Å². The number of nitrogens with zero attached hydrogens (tertiary/aromatic N) is 3. The standard InChI is InChI=1S/C13H17N5O3/c1-4-21-13(20)11-15-10(16-17-11)8(2)14-12(19)9-6-5-7-18(9)3/h5-8H,4H2,1-3H3,(H,14,19)(H,15,16,17). The van der Waals surface area contributed by atoms with E-state index in [-0.39, 0.29) is 18.3 Å². The van der Waals surface area contributed by atoms with Crippen LogP contribution in [0.3, 0.4) is 0 Å². The highest BCUT2D eigenvalue weighted by Crippen LogP contribution is 2.09. The van der Waals surface area contributed by atoms with E-state index in [1.807, 2.05) is 0 Å². The lowest BCUT2D eigenvalue weighted by atomic mass is 10.3. The van der Waals surface area contributed by atoms with Gasteiger partial charge in [0.25, 0.3) is 11.7 Å². The van der Waals surface area contributed by atoms with E-state index in [1.54, 1.807) is 43.8 Å². The fourth-order valence-electron chi connectivity index (χ4n) is 1.79. The van der Waals surface area contributed by atoms with Crippen molar-refractivity contribution in [2.45, 2.75) is 19.9 Å². The maximum atomic E-state index is 12.1.